The van der Waals surface area contributed by atoms with Gasteiger partial charge in [-0.05, 0) is 31.4 Å². The zero-order valence-electron chi connectivity index (χ0n) is 13.8. The van der Waals surface area contributed by atoms with E-state index in [2.05, 4.69) is 0 Å². The van der Waals surface area contributed by atoms with Gasteiger partial charge in [-0.15, -0.1) is 0 Å². The lowest BCUT2D eigenvalue weighted by molar-refractivity contribution is 0.0522. The molecule has 0 saturated heterocycles. The summed E-state index contributed by atoms with van der Waals surface area (Å²) in [5, 5.41) is 0. The summed E-state index contributed by atoms with van der Waals surface area (Å²) in [4.78, 5) is 25.7. The predicted octanol–water partition coefficient (Wildman–Crippen LogP) is 3.48. The van der Waals surface area contributed by atoms with E-state index in [9.17, 15) is 9.59 Å². The van der Waals surface area contributed by atoms with Crippen LogP contribution < -0.4 is 0 Å². The van der Waals surface area contributed by atoms with E-state index in [1.165, 1.54) is 0 Å². The van der Waals surface area contributed by atoms with Crippen LogP contribution in [0.1, 0.15) is 43.6 Å². The number of ether oxygens (including phenoxy) is 2. The zero-order valence-corrected chi connectivity index (χ0v) is 13.8. The second-order valence-corrected chi connectivity index (χ2v) is 5.35. The first kappa shape index (κ1) is 18.0. The predicted molar refractivity (Wildman–Crippen MR) is 84.7 cm³/mol. The fourth-order valence-corrected chi connectivity index (χ4v) is 2.13. The van der Waals surface area contributed by atoms with Crippen molar-refractivity contribution >= 4 is 12.1 Å². The van der Waals surface area contributed by atoms with Crippen LogP contribution in [0.5, 0.6) is 0 Å². The van der Waals surface area contributed by atoms with Gasteiger partial charge in [-0.25, -0.2) is 9.59 Å². The molecule has 5 heteroatoms. The van der Waals surface area contributed by atoms with E-state index < -0.39 is 0 Å². The Morgan fingerprint density at radius 1 is 1.09 bits per heavy atom. The maximum Gasteiger partial charge on any atom is 0.410 e. The van der Waals surface area contributed by atoms with Crippen molar-refractivity contribution in [3.63, 3.8) is 0 Å². The highest BCUT2D eigenvalue weighted by molar-refractivity contribution is 5.91. The summed E-state index contributed by atoms with van der Waals surface area (Å²) in [6.07, 6.45) is -0.366. The molecule has 0 heterocycles. The summed E-state index contributed by atoms with van der Waals surface area (Å²) < 4.78 is 10.2. The lowest BCUT2D eigenvalue weighted by Gasteiger charge is -2.24. The maximum absolute atomic E-state index is 12.1. The first-order valence-electron chi connectivity index (χ1n) is 7.66. The molecule has 1 amide bonds. The molecule has 122 valence electrons. The van der Waals surface area contributed by atoms with E-state index in [1.807, 2.05) is 26.0 Å². The molecule has 0 saturated carbocycles. The SMILES string of the molecule is CCOC(=O)c1ccccc1CN(CC(C)C)C(=O)OCC. The first-order chi connectivity index (χ1) is 10.5. The molecule has 0 aliphatic carbocycles. The third-order valence-corrected chi connectivity index (χ3v) is 2.99. The lowest BCUT2D eigenvalue weighted by atomic mass is 10.1. The first-order valence-corrected chi connectivity index (χ1v) is 7.66. The van der Waals surface area contributed by atoms with E-state index in [-0.39, 0.29) is 12.1 Å². The molecule has 0 fully saturated rings. The third kappa shape index (κ3) is 5.39. The van der Waals surface area contributed by atoms with Crippen LogP contribution in [-0.4, -0.2) is 36.7 Å². The van der Waals surface area contributed by atoms with Gasteiger partial charge in [-0.1, -0.05) is 32.0 Å². The second-order valence-electron chi connectivity index (χ2n) is 5.35. The zero-order chi connectivity index (χ0) is 16.5. The molecule has 5 nitrogen and oxygen atoms in total. The highest BCUT2D eigenvalue weighted by Crippen LogP contribution is 2.15. The molecule has 0 aliphatic heterocycles. The van der Waals surface area contributed by atoms with Crippen molar-refractivity contribution in [3.05, 3.63) is 35.4 Å². The average Bonchev–Trinajstić information content (AvgIpc) is 2.47. The molecule has 1 aromatic carbocycles. The van der Waals surface area contributed by atoms with Crippen LogP contribution in [0, 0.1) is 5.92 Å². The van der Waals surface area contributed by atoms with Crippen molar-refractivity contribution in [2.24, 2.45) is 5.92 Å². The van der Waals surface area contributed by atoms with Gasteiger partial charge in [0.25, 0.3) is 0 Å². The summed E-state index contributed by atoms with van der Waals surface area (Å²) in [7, 11) is 0. The van der Waals surface area contributed by atoms with Crippen LogP contribution in [-0.2, 0) is 16.0 Å². The Kier molecular flexibility index (Phi) is 7.43. The molecule has 0 spiro atoms. The molecule has 0 aromatic heterocycles. The summed E-state index contributed by atoms with van der Waals surface area (Å²) in [5.74, 6) is -0.0642. The molecular weight excluding hydrogens is 282 g/mol. The van der Waals surface area contributed by atoms with Gasteiger partial charge in [-0.3, -0.25) is 0 Å². The van der Waals surface area contributed by atoms with Crippen molar-refractivity contribution in [1.82, 2.24) is 4.90 Å². The van der Waals surface area contributed by atoms with Crippen molar-refractivity contribution in [1.29, 1.82) is 0 Å². The van der Waals surface area contributed by atoms with Crippen LogP contribution in [0.3, 0.4) is 0 Å². The average molecular weight is 307 g/mol. The monoisotopic (exact) mass is 307 g/mol. The molecule has 0 unspecified atom stereocenters. The molecule has 0 radical (unpaired) electrons. The van der Waals surface area contributed by atoms with E-state index in [0.29, 0.717) is 37.8 Å². The minimum absolute atomic E-state index is 0.305. The van der Waals surface area contributed by atoms with E-state index in [4.69, 9.17) is 9.47 Å². The van der Waals surface area contributed by atoms with E-state index in [0.717, 1.165) is 5.56 Å². The highest BCUT2D eigenvalue weighted by Gasteiger charge is 2.20. The van der Waals surface area contributed by atoms with Gasteiger partial charge in [0.1, 0.15) is 0 Å². The van der Waals surface area contributed by atoms with Gasteiger partial charge >= 0.3 is 12.1 Å². The molecular formula is C17H25NO4. The minimum Gasteiger partial charge on any atom is -0.462 e. The molecule has 1 rings (SSSR count). The molecule has 1 aromatic rings. The standard InChI is InChI=1S/C17H25NO4/c1-5-21-16(19)15-10-8-7-9-14(15)12-18(11-13(3)4)17(20)22-6-2/h7-10,13H,5-6,11-12H2,1-4H3. The number of carbonyl (C=O) groups is 2. The van der Waals surface area contributed by atoms with Crippen molar-refractivity contribution < 1.29 is 19.1 Å². The number of hydrogen-bond donors (Lipinski definition) is 0. The Hall–Kier alpha value is -2.04. The van der Waals surface area contributed by atoms with Gasteiger partial charge in [0, 0.05) is 13.1 Å². The topological polar surface area (TPSA) is 55.8 Å². The number of rotatable bonds is 7. The largest absolute Gasteiger partial charge is 0.462 e. The number of hydrogen-bond acceptors (Lipinski definition) is 4. The number of benzene rings is 1. The Morgan fingerprint density at radius 2 is 1.73 bits per heavy atom. The van der Waals surface area contributed by atoms with Gasteiger partial charge in [-0.2, -0.15) is 0 Å². The molecule has 0 N–H and O–H groups in total. The van der Waals surface area contributed by atoms with E-state index in [1.54, 1.807) is 30.9 Å². The minimum atomic E-state index is -0.369. The van der Waals surface area contributed by atoms with Crippen molar-refractivity contribution in [2.45, 2.75) is 34.2 Å². The van der Waals surface area contributed by atoms with Crippen LogP contribution >= 0.6 is 0 Å². The molecule has 0 aliphatic rings. The maximum atomic E-state index is 12.1. The van der Waals surface area contributed by atoms with Gasteiger partial charge < -0.3 is 14.4 Å². The van der Waals surface area contributed by atoms with Gasteiger partial charge in [0.15, 0.2) is 0 Å². The summed E-state index contributed by atoms with van der Waals surface area (Å²) >= 11 is 0. The third-order valence-electron chi connectivity index (χ3n) is 2.99. The van der Waals surface area contributed by atoms with Crippen LogP contribution in [0.4, 0.5) is 4.79 Å². The van der Waals surface area contributed by atoms with Crippen LogP contribution in [0.25, 0.3) is 0 Å². The Bertz CT molecular complexity index is 499. The summed E-state index contributed by atoms with van der Waals surface area (Å²) in [5.41, 5.74) is 1.25. The van der Waals surface area contributed by atoms with Crippen LogP contribution in [0.2, 0.25) is 0 Å². The second kappa shape index (κ2) is 9.07. The quantitative estimate of drug-likeness (QED) is 0.724. The van der Waals surface area contributed by atoms with Crippen molar-refractivity contribution in [3.8, 4) is 0 Å². The fourth-order valence-electron chi connectivity index (χ4n) is 2.13. The fraction of sp³-hybridized carbons (Fsp3) is 0.529. The Labute approximate surface area is 132 Å². The summed E-state index contributed by atoms with van der Waals surface area (Å²) in [6.45, 7) is 9.14. The van der Waals surface area contributed by atoms with Crippen molar-refractivity contribution in [2.75, 3.05) is 19.8 Å². The summed E-state index contributed by atoms with van der Waals surface area (Å²) in [6, 6.07) is 7.18. The van der Waals surface area contributed by atoms with Gasteiger partial charge in [0.2, 0.25) is 0 Å². The highest BCUT2D eigenvalue weighted by atomic mass is 16.6. The number of nitrogens with zero attached hydrogens (tertiary/aromatic N) is 1. The lowest BCUT2D eigenvalue weighted by Crippen LogP contribution is -2.34. The molecule has 22 heavy (non-hydrogen) atoms. The smallest absolute Gasteiger partial charge is 0.410 e. The van der Waals surface area contributed by atoms with Crippen LogP contribution in [0.15, 0.2) is 24.3 Å². The molecule has 0 atom stereocenters. The Balaban J connectivity index is 2.97. The number of amides is 1. The number of carbonyl (C=O) groups excluding carboxylic acids is 2. The number of esters is 1. The Morgan fingerprint density at radius 3 is 2.32 bits per heavy atom. The van der Waals surface area contributed by atoms with Gasteiger partial charge in [0.05, 0.1) is 18.8 Å². The molecule has 0 bridgehead atoms. The van der Waals surface area contributed by atoms with E-state index >= 15 is 0 Å². The normalized spacial score (nSPS) is 10.4.